The molecule has 1 rings (SSSR count). The third kappa shape index (κ3) is 3.22. The maximum absolute atomic E-state index is 11.7. The van der Waals surface area contributed by atoms with E-state index in [0.29, 0.717) is 0 Å². The second-order valence-electron chi connectivity index (χ2n) is 5.52. The summed E-state index contributed by atoms with van der Waals surface area (Å²) in [5.41, 5.74) is -0.476. The fourth-order valence-corrected chi connectivity index (χ4v) is 1.93. The molecule has 1 aliphatic rings. The van der Waals surface area contributed by atoms with Gasteiger partial charge in [-0.3, -0.25) is 9.59 Å². The van der Waals surface area contributed by atoms with Crippen molar-refractivity contribution in [3.05, 3.63) is 0 Å². The number of carbonyl (C=O) groups excluding carboxylic acids is 2. The van der Waals surface area contributed by atoms with E-state index in [0.717, 1.165) is 6.42 Å². The van der Waals surface area contributed by atoms with E-state index in [1.807, 2.05) is 27.7 Å². The van der Waals surface area contributed by atoms with E-state index in [1.165, 1.54) is 0 Å². The lowest BCUT2D eigenvalue weighted by Gasteiger charge is -2.20. The van der Waals surface area contributed by atoms with Crippen LogP contribution < -0.4 is 0 Å². The van der Waals surface area contributed by atoms with E-state index in [1.54, 1.807) is 11.9 Å². The highest BCUT2D eigenvalue weighted by molar-refractivity contribution is 5.85. The molecule has 1 saturated heterocycles. The van der Waals surface area contributed by atoms with E-state index in [9.17, 15) is 9.59 Å². The van der Waals surface area contributed by atoms with Gasteiger partial charge in [-0.25, -0.2) is 0 Å². The van der Waals surface area contributed by atoms with Crippen LogP contribution in [0.15, 0.2) is 0 Å². The lowest BCUT2D eigenvalue weighted by atomic mass is 10.0. The molecule has 0 spiro atoms. The Hall–Kier alpha value is -1.06. The van der Waals surface area contributed by atoms with Gasteiger partial charge in [0.25, 0.3) is 0 Å². The first kappa shape index (κ1) is 13.0. The minimum atomic E-state index is -0.476. The normalized spacial score (nSPS) is 26.1. The molecular formula is C12H21NO3. The van der Waals surface area contributed by atoms with Crippen LogP contribution >= 0.6 is 0 Å². The van der Waals surface area contributed by atoms with Crippen molar-refractivity contribution in [3.63, 3.8) is 0 Å². The van der Waals surface area contributed by atoms with Gasteiger partial charge in [0, 0.05) is 13.1 Å². The van der Waals surface area contributed by atoms with Crippen molar-refractivity contribution in [2.45, 2.75) is 52.2 Å². The summed E-state index contributed by atoms with van der Waals surface area (Å²) in [4.78, 5) is 25.0. The predicted molar refractivity (Wildman–Crippen MR) is 60.8 cm³/mol. The van der Waals surface area contributed by atoms with Crippen LogP contribution in [0.2, 0.25) is 0 Å². The van der Waals surface area contributed by atoms with Gasteiger partial charge in [-0.05, 0) is 34.1 Å². The largest absolute Gasteiger partial charge is 0.460 e. The van der Waals surface area contributed by atoms with E-state index < -0.39 is 5.60 Å². The number of amides is 1. The highest BCUT2D eigenvalue weighted by atomic mass is 16.6. The Morgan fingerprint density at radius 3 is 2.44 bits per heavy atom. The number of rotatable bonds is 2. The Bertz CT molecular complexity index is 293. The molecule has 0 aromatic carbocycles. The molecule has 1 amide bonds. The number of likely N-dealkylation sites (tertiary alicyclic amines) is 1. The summed E-state index contributed by atoms with van der Waals surface area (Å²) < 4.78 is 5.21. The Morgan fingerprint density at radius 1 is 1.50 bits per heavy atom. The average Bonchev–Trinajstić information content (AvgIpc) is 2.30. The molecule has 1 fully saturated rings. The van der Waals surface area contributed by atoms with Gasteiger partial charge in [0.1, 0.15) is 5.60 Å². The number of hydrogen-bond acceptors (Lipinski definition) is 3. The fraction of sp³-hybridized carbons (Fsp3) is 0.833. The number of carbonyl (C=O) groups is 2. The smallest absolute Gasteiger partial charge is 0.307 e. The van der Waals surface area contributed by atoms with E-state index in [-0.39, 0.29) is 30.3 Å². The second-order valence-corrected chi connectivity index (χ2v) is 5.52. The minimum absolute atomic E-state index is 0.0540. The zero-order valence-electron chi connectivity index (χ0n) is 10.7. The number of ether oxygens (including phenoxy) is 1. The van der Waals surface area contributed by atoms with Crippen LogP contribution in [0, 0.1) is 5.92 Å². The molecule has 0 aliphatic carbocycles. The Balaban J connectivity index is 2.50. The molecule has 0 bridgehead atoms. The molecule has 2 unspecified atom stereocenters. The third-order valence-corrected chi connectivity index (χ3v) is 2.82. The molecule has 1 aliphatic heterocycles. The molecule has 0 radical (unpaired) electrons. The van der Waals surface area contributed by atoms with Gasteiger partial charge < -0.3 is 9.64 Å². The first-order chi connectivity index (χ1) is 7.20. The van der Waals surface area contributed by atoms with E-state index in [2.05, 4.69) is 0 Å². The van der Waals surface area contributed by atoms with Crippen LogP contribution in [0.25, 0.3) is 0 Å². The quantitative estimate of drug-likeness (QED) is 0.673. The second kappa shape index (κ2) is 4.44. The first-order valence-electron chi connectivity index (χ1n) is 5.69. The summed E-state index contributed by atoms with van der Waals surface area (Å²) in [6, 6.07) is 0.222. The standard InChI is InChI=1S/C12H21NO3/c1-8-6-9(11(15)13(8)5)7-10(14)16-12(2,3)4/h8-9H,6-7H2,1-5H3. The molecule has 0 aromatic rings. The van der Waals surface area contributed by atoms with Gasteiger partial charge in [-0.2, -0.15) is 0 Å². The van der Waals surface area contributed by atoms with Gasteiger partial charge in [0.15, 0.2) is 0 Å². The summed E-state index contributed by atoms with van der Waals surface area (Å²) in [6.07, 6.45) is 0.944. The van der Waals surface area contributed by atoms with Crippen LogP contribution in [0.3, 0.4) is 0 Å². The van der Waals surface area contributed by atoms with E-state index >= 15 is 0 Å². The van der Waals surface area contributed by atoms with Crippen LogP contribution in [-0.2, 0) is 14.3 Å². The van der Waals surface area contributed by atoms with Gasteiger partial charge in [-0.15, -0.1) is 0 Å². The highest BCUT2D eigenvalue weighted by Gasteiger charge is 2.36. The zero-order chi connectivity index (χ0) is 12.5. The SMILES string of the molecule is CC1CC(CC(=O)OC(C)(C)C)C(=O)N1C. The van der Waals surface area contributed by atoms with E-state index in [4.69, 9.17) is 4.74 Å². The topological polar surface area (TPSA) is 46.6 Å². The van der Waals surface area contributed by atoms with Crippen LogP contribution in [0.5, 0.6) is 0 Å². The minimum Gasteiger partial charge on any atom is -0.460 e. The molecule has 1 heterocycles. The Morgan fingerprint density at radius 2 is 2.06 bits per heavy atom. The summed E-state index contributed by atoms with van der Waals surface area (Å²) >= 11 is 0. The fourth-order valence-electron chi connectivity index (χ4n) is 1.93. The average molecular weight is 227 g/mol. The molecule has 0 aromatic heterocycles. The van der Waals surface area contributed by atoms with Gasteiger partial charge >= 0.3 is 5.97 Å². The molecule has 0 N–H and O–H groups in total. The van der Waals surface area contributed by atoms with Crippen LogP contribution in [-0.4, -0.2) is 35.5 Å². The number of nitrogens with zero attached hydrogens (tertiary/aromatic N) is 1. The van der Waals surface area contributed by atoms with Crippen molar-refractivity contribution in [1.29, 1.82) is 0 Å². The maximum atomic E-state index is 11.7. The highest BCUT2D eigenvalue weighted by Crippen LogP contribution is 2.26. The summed E-state index contributed by atoms with van der Waals surface area (Å²) in [7, 11) is 1.78. The van der Waals surface area contributed by atoms with Gasteiger partial charge in [0.2, 0.25) is 5.91 Å². The maximum Gasteiger partial charge on any atom is 0.307 e. The predicted octanol–water partition coefficient (Wildman–Crippen LogP) is 1.58. The number of hydrogen-bond donors (Lipinski definition) is 0. The van der Waals surface area contributed by atoms with Crippen molar-refractivity contribution in [3.8, 4) is 0 Å². The molecule has 16 heavy (non-hydrogen) atoms. The van der Waals surface area contributed by atoms with Crippen LogP contribution in [0.4, 0.5) is 0 Å². The monoisotopic (exact) mass is 227 g/mol. The molecule has 0 saturated carbocycles. The lowest BCUT2D eigenvalue weighted by Crippen LogP contribution is -2.29. The lowest BCUT2D eigenvalue weighted by molar-refractivity contribution is -0.157. The van der Waals surface area contributed by atoms with Gasteiger partial charge in [0.05, 0.1) is 12.3 Å². The van der Waals surface area contributed by atoms with Crippen molar-refractivity contribution < 1.29 is 14.3 Å². The zero-order valence-corrected chi connectivity index (χ0v) is 10.7. The Labute approximate surface area is 96.9 Å². The Kier molecular flexibility index (Phi) is 3.61. The molecule has 4 heteroatoms. The first-order valence-corrected chi connectivity index (χ1v) is 5.69. The summed E-state index contributed by atoms with van der Waals surface area (Å²) in [5.74, 6) is -0.429. The van der Waals surface area contributed by atoms with Crippen LogP contribution in [0.1, 0.15) is 40.5 Å². The molecule has 2 atom stereocenters. The molecule has 92 valence electrons. The molecule has 4 nitrogen and oxygen atoms in total. The van der Waals surface area contributed by atoms with Crippen molar-refractivity contribution in [1.82, 2.24) is 4.90 Å². The van der Waals surface area contributed by atoms with Gasteiger partial charge in [-0.1, -0.05) is 0 Å². The summed E-state index contributed by atoms with van der Waals surface area (Å²) in [6.45, 7) is 7.48. The third-order valence-electron chi connectivity index (χ3n) is 2.82. The van der Waals surface area contributed by atoms with Crippen molar-refractivity contribution in [2.75, 3.05) is 7.05 Å². The summed E-state index contributed by atoms with van der Waals surface area (Å²) in [5, 5.41) is 0. The van der Waals surface area contributed by atoms with Crippen molar-refractivity contribution in [2.24, 2.45) is 5.92 Å². The van der Waals surface area contributed by atoms with Crippen molar-refractivity contribution >= 4 is 11.9 Å². The molecular weight excluding hydrogens is 206 g/mol. The number of esters is 1.